The molecular formula is C25H25N7O3. The van der Waals surface area contributed by atoms with Crippen LogP contribution < -0.4 is 4.90 Å². The molecule has 2 aromatic carbocycles. The lowest BCUT2D eigenvalue weighted by Crippen LogP contribution is -2.51. The number of benzene rings is 2. The highest BCUT2D eigenvalue weighted by Crippen LogP contribution is 2.26. The molecule has 1 fully saturated rings. The third kappa shape index (κ3) is 3.71. The summed E-state index contributed by atoms with van der Waals surface area (Å²) >= 11 is 0. The SMILES string of the molecule is Cc1nn(C)c2cc(-c3noc(N4CCN(C(=O)CN5Cc6ccccc6C5=O)CC4)n3)ccc12. The van der Waals surface area contributed by atoms with Crippen LogP contribution in [0.4, 0.5) is 6.01 Å². The fourth-order valence-electron chi connectivity index (χ4n) is 4.89. The van der Waals surface area contributed by atoms with E-state index in [0.29, 0.717) is 50.1 Å². The highest BCUT2D eigenvalue weighted by atomic mass is 16.5. The Kier molecular flexibility index (Phi) is 5.01. The van der Waals surface area contributed by atoms with Gasteiger partial charge in [0, 0.05) is 56.3 Å². The number of aromatic nitrogens is 4. The van der Waals surface area contributed by atoms with E-state index in [-0.39, 0.29) is 18.4 Å². The molecular weight excluding hydrogens is 446 g/mol. The number of hydrogen-bond acceptors (Lipinski definition) is 7. The van der Waals surface area contributed by atoms with Gasteiger partial charge in [-0.1, -0.05) is 35.5 Å². The summed E-state index contributed by atoms with van der Waals surface area (Å²) in [5, 5.41) is 9.73. The third-order valence-corrected chi connectivity index (χ3v) is 6.83. The summed E-state index contributed by atoms with van der Waals surface area (Å²) in [4.78, 5) is 35.4. The average molecular weight is 472 g/mol. The van der Waals surface area contributed by atoms with Gasteiger partial charge in [0.2, 0.25) is 11.7 Å². The smallest absolute Gasteiger partial charge is 0.324 e. The Labute approximate surface area is 201 Å². The van der Waals surface area contributed by atoms with Crippen LogP contribution >= 0.6 is 0 Å². The zero-order valence-electron chi connectivity index (χ0n) is 19.6. The van der Waals surface area contributed by atoms with Crippen LogP contribution in [0, 0.1) is 6.92 Å². The molecule has 2 aliphatic rings. The van der Waals surface area contributed by atoms with Crippen molar-refractivity contribution in [3.8, 4) is 11.4 Å². The molecule has 1 saturated heterocycles. The maximum absolute atomic E-state index is 12.9. The third-order valence-electron chi connectivity index (χ3n) is 6.83. The lowest BCUT2D eigenvalue weighted by Gasteiger charge is -2.34. The van der Waals surface area contributed by atoms with E-state index in [4.69, 9.17) is 4.52 Å². The van der Waals surface area contributed by atoms with E-state index in [2.05, 4.69) is 15.2 Å². The quantitative estimate of drug-likeness (QED) is 0.450. The molecule has 10 heteroatoms. The molecule has 2 amide bonds. The summed E-state index contributed by atoms with van der Waals surface area (Å²) in [5.74, 6) is 0.397. The number of hydrogen-bond donors (Lipinski definition) is 0. The first-order chi connectivity index (χ1) is 17.0. The van der Waals surface area contributed by atoms with Gasteiger partial charge in [0.25, 0.3) is 5.91 Å². The minimum absolute atomic E-state index is 0.0446. The van der Waals surface area contributed by atoms with Crippen molar-refractivity contribution >= 4 is 28.7 Å². The minimum Gasteiger partial charge on any atom is -0.338 e. The summed E-state index contributed by atoms with van der Waals surface area (Å²) in [7, 11) is 1.92. The molecule has 0 atom stereocenters. The molecule has 0 radical (unpaired) electrons. The Balaban J connectivity index is 1.08. The van der Waals surface area contributed by atoms with Crippen molar-refractivity contribution in [2.45, 2.75) is 13.5 Å². The molecule has 35 heavy (non-hydrogen) atoms. The molecule has 178 valence electrons. The summed E-state index contributed by atoms with van der Waals surface area (Å²) in [6, 6.07) is 14.0. The maximum atomic E-state index is 12.9. The van der Waals surface area contributed by atoms with Gasteiger partial charge in [0.1, 0.15) is 6.54 Å². The normalized spacial score (nSPS) is 15.8. The van der Waals surface area contributed by atoms with Crippen LogP contribution in [0.15, 0.2) is 47.0 Å². The Morgan fingerprint density at radius 2 is 1.89 bits per heavy atom. The van der Waals surface area contributed by atoms with Crippen molar-refractivity contribution in [1.82, 2.24) is 29.7 Å². The van der Waals surface area contributed by atoms with Gasteiger partial charge in [-0.15, -0.1) is 0 Å². The van der Waals surface area contributed by atoms with Crippen molar-refractivity contribution < 1.29 is 14.1 Å². The number of amides is 2. The summed E-state index contributed by atoms with van der Waals surface area (Å²) in [6.07, 6.45) is 0. The fourth-order valence-corrected chi connectivity index (χ4v) is 4.89. The predicted octanol–water partition coefficient (Wildman–Crippen LogP) is 2.24. The van der Waals surface area contributed by atoms with Gasteiger partial charge < -0.3 is 19.2 Å². The first-order valence-electron chi connectivity index (χ1n) is 11.7. The topological polar surface area (TPSA) is 101 Å². The number of rotatable bonds is 4. The van der Waals surface area contributed by atoms with E-state index in [9.17, 15) is 9.59 Å². The molecule has 10 nitrogen and oxygen atoms in total. The van der Waals surface area contributed by atoms with Crippen molar-refractivity contribution in [3.63, 3.8) is 0 Å². The van der Waals surface area contributed by atoms with E-state index < -0.39 is 0 Å². The van der Waals surface area contributed by atoms with Crippen LogP contribution in [-0.2, 0) is 18.4 Å². The van der Waals surface area contributed by atoms with E-state index in [1.165, 1.54) is 0 Å². The van der Waals surface area contributed by atoms with E-state index >= 15 is 0 Å². The number of piperazine rings is 1. The molecule has 0 spiro atoms. The standard InChI is InChI=1S/C25H25N7O3/c1-16-19-8-7-17(13-21(19)29(2)27-16)23-26-25(35-28-23)31-11-9-30(10-12-31)22(33)15-32-14-18-5-3-4-6-20(18)24(32)34/h3-8,13H,9-12,14-15H2,1-2H3. The Morgan fingerprint density at radius 1 is 1.09 bits per heavy atom. The zero-order chi connectivity index (χ0) is 24.1. The van der Waals surface area contributed by atoms with Crippen LogP contribution in [0.1, 0.15) is 21.6 Å². The number of aryl methyl sites for hydroxylation is 2. The van der Waals surface area contributed by atoms with Crippen molar-refractivity contribution in [3.05, 3.63) is 59.3 Å². The molecule has 0 N–H and O–H groups in total. The molecule has 4 heterocycles. The lowest BCUT2D eigenvalue weighted by molar-refractivity contribution is -0.132. The van der Waals surface area contributed by atoms with Crippen molar-refractivity contribution in [2.24, 2.45) is 7.05 Å². The monoisotopic (exact) mass is 471 g/mol. The van der Waals surface area contributed by atoms with Crippen molar-refractivity contribution in [2.75, 3.05) is 37.6 Å². The number of fused-ring (bicyclic) bond motifs is 2. The summed E-state index contributed by atoms with van der Waals surface area (Å²) in [6.45, 7) is 4.80. The molecule has 0 bridgehead atoms. The van der Waals surface area contributed by atoms with Gasteiger partial charge in [-0.05, 0) is 24.6 Å². The molecule has 0 saturated carbocycles. The van der Waals surface area contributed by atoms with Gasteiger partial charge in [-0.2, -0.15) is 10.1 Å². The zero-order valence-corrected chi connectivity index (χ0v) is 19.6. The Hall–Kier alpha value is -4.21. The number of nitrogens with zero attached hydrogens (tertiary/aromatic N) is 7. The van der Waals surface area contributed by atoms with Crippen LogP contribution in [0.2, 0.25) is 0 Å². The van der Waals surface area contributed by atoms with Gasteiger partial charge in [0.15, 0.2) is 0 Å². The van der Waals surface area contributed by atoms with Gasteiger partial charge >= 0.3 is 6.01 Å². The number of anilines is 1. The van der Waals surface area contributed by atoms with E-state index in [0.717, 1.165) is 27.7 Å². The Morgan fingerprint density at radius 3 is 2.69 bits per heavy atom. The number of carbonyl (C=O) groups is 2. The number of carbonyl (C=O) groups excluding carboxylic acids is 2. The second kappa shape index (κ2) is 8.23. The lowest BCUT2D eigenvalue weighted by atomic mass is 10.1. The average Bonchev–Trinajstić information content (AvgIpc) is 3.56. The van der Waals surface area contributed by atoms with E-state index in [1.807, 2.05) is 66.0 Å². The highest BCUT2D eigenvalue weighted by molar-refractivity contribution is 6.00. The summed E-state index contributed by atoms with van der Waals surface area (Å²) in [5.41, 5.74) is 4.52. The predicted molar refractivity (Wildman–Crippen MR) is 129 cm³/mol. The highest BCUT2D eigenvalue weighted by Gasteiger charge is 2.31. The van der Waals surface area contributed by atoms with Gasteiger partial charge in [-0.25, -0.2) is 0 Å². The van der Waals surface area contributed by atoms with Crippen LogP contribution in [0.5, 0.6) is 0 Å². The first kappa shape index (κ1) is 21.3. The van der Waals surface area contributed by atoms with Crippen LogP contribution in [0.3, 0.4) is 0 Å². The summed E-state index contributed by atoms with van der Waals surface area (Å²) < 4.78 is 7.39. The molecule has 2 aliphatic heterocycles. The molecule has 6 rings (SSSR count). The minimum atomic E-state index is -0.0783. The fraction of sp³-hybridized carbons (Fsp3) is 0.320. The maximum Gasteiger partial charge on any atom is 0.324 e. The Bertz CT molecular complexity index is 1450. The first-order valence-corrected chi connectivity index (χ1v) is 11.7. The molecule has 0 unspecified atom stereocenters. The van der Waals surface area contributed by atoms with Crippen molar-refractivity contribution in [1.29, 1.82) is 0 Å². The largest absolute Gasteiger partial charge is 0.338 e. The van der Waals surface area contributed by atoms with Crippen LogP contribution in [-0.4, -0.2) is 74.3 Å². The second-order valence-electron chi connectivity index (χ2n) is 9.03. The molecule has 2 aromatic heterocycles. The molecule has 0 aliphatic carbocycles. The van der Waals surface area contributed by atoms with Gasteiger partial charge in [0.05, 0.1) is 11.2 Å². The van der Waals surface area contributed by atoms with Crippen LogP contribution in [0.25, 0.3) is 22.3 Å². The van der Waals surface area contributed by atoms with E-state index in [1.54, 1.807) is 9.80 Å². The molecule has 4 aromatic rings. The van der Waals surface area contributed by atoms with Gasteiger partial charge in [-0.3, -0.25) is 14.3 Å². The second-order valence-corrected chi connectivity index (χ2v) is 9.03.